The molecular formula is C13H16ClFO3S. The molecule has 1 saturated heterocycles. The third-order valence-electron chi connectivity index (χ3n) is 3.49. The highest BCUT2D eigenvalue weighted by atomic mass is 35.5. The first-order valence-corrected chi connectivity index (χ1v) is 8.33. The van der Waals surface area contributed by atoms with Gasteiger partial charge in [-0.3, -0.25) is 0 Å². The van der Waals surface area contributed by atoms with Crippen molar-refractivity contribution in [1.29, 1.82) is 0 Å². The minimum Gasteiger partial charge on any atom is -0.391 e. The van der Waals surface area contributed by atoms with Crippen molar-refractivity contribution < 1.29 is 17.9 Å². The third-order valence-corrected chi connectivity index (χ3v) is 6.11. The topological polar surface area (TPSA) is 54.4 Å². The van der Waals surface area contributed by atoms with Crippen LogP contribution in [0, 0.1) is 5.82 Å². The molecule has 2 atom stereocenters. The van der Waals surface area contributed by atoms with Crippen LogP contribution in [0.15, 0.2) is 18.2 Å². The smallest absolute Gasteiger partial charge is 0.155 e. The van der Waals surface area contributed by atoms with E-state index < -0.39 is 27.0 Å². The van der Waals surface area contributed by atoms with Crippen LogP contribution in [0.1, 0.15) is 24.8 Å². The molecule has 0 spiro atoms. The minimum atomic E-state index is -3.22. The average molecular weight is 307 g/mol. The van der Waals surface area contributed by atoms with Crippen molar-refractivity contribution >= 4 is 21.4 Å². The van der Waals surface area contributed by atoms with Gasteiger partial charge in [0, 0.05) is 0 Å². The van der Waals surface area contributed by atoms with Gasteiger partial charge in [-0.05, 0) is 37.0 Å². The number of sulfone groups is 1. The number of aliphatic hydroxyl groups is 1. The van der Waals surface area contributed by atoms with E-state index in [1.807, 2.05) is 0 Å². The van der Waals surface area contributed by atoms with Crippen LogP contribution in [-0.2, 0) is 16.3 Å². The van der Waals surface area contributed by atoms with Crippen molar-refractivity contribution in [2.24, 2.45) is 0 Å². The zero-order valence-electron chi connectivity index (χ0n) is 10.4. The van der Waals surface area contributed by atoms with E-state index in [0.717, 1.165) is 6.42 Å². The third kappa shape index (κ3) is 3.46. The van der Waals surface area contributed by atoms with Crippen LogP contribution >= 0.6 is 11.6 Å². The summed E-state index contributed by atoms with van der Waals surface area (Å²) in [6.45, 7) is 0. The minimum absolute atomic E-state index is 0.0174. The highest BCUT2D eigenvalue weighted by molar-refractivity contribution is 7.92. The maximum Gasteiger partial charge on any atom is 0.155 e. The molecule has 0 bridgehead atoms. The highest BCUT2D eigenvalue weighted by Crippen LogP contribution is 2.25. The molecule has 6 heteroatoms. The fourth-order valence-electron chi connectivity index (χ4n) is 2.45. The van der Waals surface area contributed by atoms with Crippen molar-refractivity contribution in [1.82, 2.24) is 0 Å². The lowest BCUT2D eigenvalue weighted by atomic mass is 10.0. The summed E-state index contributed by atoms with van der Waals surface area (Å²) < 4.78 is 36.8. The summed E-state index contributed by atoms with van der Waals surface area (Å²) in [7, 11) is -3.22. The highest BCUT2D eigenvalue weighted by Gasteiger charge is 2.34. The monoisotopic (exact) mass is 306 g/mol. The summed E-state index contributed by atoms with van der Waals surface area (Å²) in [5, 5.41) is 9.37. The maximum atomic E-state index is 13.0. The van der Waals surface area contributed by atoms with Gasteiger partial charge in [0.25, 0.3) is 0 Å². The van der Waals surface area contributed by atoms with Crippen LogP contribution in [0.3, 0.4) is 0 Å². The van der Waals surface area contributed by atoms with Gasteiger partial charge in [0.2, 0.25) is 0 Å². The van der Waals surface area contributed by atoms with Gasteiger partial charge in [-0.2, -0.15) is 0 Å². The Labute approximate surface area is 117 Å². The Balaban J connectivity index is 2.11. The van der Waals surface area contributed by atoms with E-state index in [1.165, 1.54) is 18.2 Å². The Hall–Kier alpha value is -0.650. The summed E-state index contributed by atoms with van der Waals surface area (Å²) in [6.07, 6.45) is 1.16. The summed E-state index contributed by atoms with van der Waals surface area (Å²) in [6, 6.07) is 4.16. The second-order valence-electron chi connectivity index (χ2n) is 4.92. The molecule has 1 aromatic rings. The van der Waals surface area contributed by atoms with E-state index in [2.05, 4.69) is 0 Å². The maximum absolute atomic E-state index is 13.0. The zero-order chi connectivity index (χ0) is 14.0. The molecule has 1 heterocycles. The molecule has 0 saturated carbocycles. The first-order chi connectivity index (χ1) is 8.90. The number of rotatable bonds is 3. The molecule has 19 heavy (non-hydrogen) atoms. The van der Waals surface area contributed by atoms with Crippen LogP contribution in [0.4, 0.5) is 4.39 Å². The van der Waals surface area contributed by atoms with Gasteiger partial charge in [-0.25, -0.2) is 12.8 Å². The second-order valence-corrected chi connectivity index (χ2v) is 7.67. The molecule has 3 nitrogen and oxygen atoms in total. The van der Waals surface area contributed by atoms with E-state index in [1.54, 1.807) is 0 Å². The molecule has 0 aliphatic carbocycles. The molecule has 1 N–H and O–H groups in total. The molecule has 0 amide bonds. The Kier molecular flexibility index (Phi) is 4.48. The number of halogens is 2. The van der Waals surface area contributed by atoms with E-state index in [4.69, 9.17) is 11.6 Å². The Morgan fingerprint density at radius 2 is 2.16 bits per heavy atom. The van der Waals surface area contributed by atoms with Crippen molar-refractivity contribution in [2.75, 3.05) is 5.75 Å². The van der Waals surface area contributed by atoms with Crippen LogP contribution in [0.5, 0.6) is 0 Å². The van der Waals surface area contributed by atoms with Gasteiger partial charge in [-0.1, -0.05) is 24.1 Å². The average Bonchev–Trinajstić information content (AvgIpc) is 2.33. The number of hydrogen-bond acceptors (Lipinski definition) is 3. The SMILES string of the molecule is O=S1(=O)CCCCC1C(O)Cc1ccc(F)c(Cl)c1. The van der Waals surface area contributed by atoms with Crippen molar-refractivity contribution in [2.45, 2.75) is 37.0 Å². The van der Waals surface area contributed by atoms with Crippen LogP contribution < -0.4 is 0 Å². The van der Waals surface area contributed by atoms with Crippen LogP contribution in [0.25, 0.3) is 0 Å². The number of hydrogen-bond donors (Lipinski definition) is 1. The largest absolute Gasteiger partial charge is 0.391 e. The first kappa shape index (κ1) is 14.8. The van der Waals surface area contributed by atoms with Crippen LogP contribution in [-0.4, -0.2) is 30.6 Å². The van der Waals surface area contributed by atoms with E-state index in [-0.39, 0.29) is 17.2 Å². The van der Waals surface area contributed by atoms with Gasteiger partial charge in [0.05, 0.1) is 22.1 Å². The van der Waals surface area contributed by atoms with Crippen molar-refractivity contribution in [3.8, 4) is 0 Å². The van der Waals surface area contributed by atoms with Crippen molar-refractivity contribution in [3.63, 3.8) is 0 Å². The lowest BCUT2D eigenvalue weighted by Crippen LogP contribution is -2.39. The van der Waals surface area contributed by atoms with E-state index in [0.29, 0.717) is 18.4 Å². The molecule has 0 radical (unpaired) electrons. The lowest BCUT2D eigenvalue weighted by Gasteiger charge is -2.26. The predicted molar refractivity (Wildman–Crippen MR) is 72.5 cm³/mol. The summed E-state index contributed by atoms with van der Waals surface area (Å²) >= 11 is 5.66. The fourth-order valence-corrected chi connectivity index (χ4v) is 4.66. The lowest BCUT2D eigenvalue weighted by molar-refractivity contribution is 0.162. The quantitative estimate of drug-likeness (QED) is 0.932. The number of aliphatic hydroxyl groups excluding tert-OH is 1. The molecule has 2 rings (SSSR count). The molecule has 106 valence electrons. The molecule has 0 aromatic heterocycles. The van der Waals surface area contributed by atoms with Crippen LogP contribution in [0.2, 0.25) is 5.02 Å². The molecule has 2 unspecified atom stereocenters. The van der Waals surface area contributed by atoms with Gasteiger partial charge < -0.3 is 5.11 Å². The van der Waals surface area contributed by atoms with Gasteiger partial charge >= 0.3 is 0 Å². The molecular weight excluding hydrogens is 291 g/mol. The molecule has 1 aromatic carbocycles. The summed E-state index contributed by atoms with van der Waals surface area (Å²) in [5.74, 6) is -0.385. The van der Waals surface area contributed by atoms with Gasteiger partial charge in [-0.15, -0.1) is 0 Å². The summed E-state index contributed by atoms with van der Waals surface area (Å²) in [5.41, 5.74) is 0.639. The standard InChI is InChI=1S/C13H16ClFO3S/c14-10-7-9(4-5-11(10)15)8-12(16)13-3-1-2-6-19(13,17)18/h4-5,7,12-13,16H,1-3,6,8H2. The zero-order valence-corrected chi connectivity index (χ0v) is 11.9. The Morgan fingerprint density at radius 3 is 2.79 bits per heavy atom. The normalized spacial score (nSPS) is 24.1. The summed E-state index contributed by atoms with van der Waals surface area (Å²) in [4.78, 5) is 0. The van der Waals surface area contributed by atoms with Gasteiger partial charge in [0.1, 0.15) is 5.82 Å². The fraction of sp³-hybridized carbons (Fsp3) is 0.538. The molecule has 1 aliphatic rings. The van der Waals surface area contributed by atoms with Crippen molar-refractivity contribution in [3.05, 3.63) is 34.6 Å². The Bertz CT molecular complexity index is 559. The predicted octanol–water partition coefficient (Wildman–Crippen LogP) is 2.35. The number of benzene rings is 1. The first-order valence-electron chi connectivity index (χ1n) is 6.24. The van der Waals surface area contributed by atoms with E-state index >= 15 is 0 Å². The van der Waals surface area contributed by atoms with E-state index in [9.17, 15) is 17.9 Å². The second kappa shape index (κ2) is 5.77. The van der Waals surface area contributed by atoms with Gasteiger partial charge in [0.15, 0.2) is 9.84 Å². The molecule has 1 fully saturated rings. The molecule has 1 aliphatic heterocycles. The Morgan fingerprint density at radius 1 is 1.42 bits per heavy atom.